The van der Waals surface area contributed by atoms with E-state index >= 15 is 0 Å². The minimum atomic E-state index is -0.557. The van der Waals surface area contributed by atoms with Crippen molar-refractivity contribution in [2.24, 2.45) is 0 Å². The Bertz CT molecular complexity index is 393. The molecular weight excluding hydrogens is 236 g/mol. The van der Waals surface area contributed by atoms with Gasteiger partial charge in [0.1, 0.15) is 11.6 Å². The third-order valence-electron chi connectivity index (χ3n) is 2.80. The third-order valence-corrected chi connectivity index (χ3v) is 2.80. The van der Waals surface area contributed by atoms with Crippen molar-refractivity contribution in [2.45, 2.75) is 39.3 Å². The van der Waals surface area contributed by atoms with E-state index in [0.717, 1.165) is 6.07 Å². The summed E-state index contributed by atoms with van der Waals surface area (Å²) in [5, 5.41) is 3.20. The summed E-state index contributed by atoms with van der Waals surface area (Å²) in [7, 11) is 0. The molecule has 0 fully saturated rings. The first-order valence-corrected chi connectivity index (χ1v) is 6.18. The molecule has 0 saturated carbocycles. The summed E-state index contributed by atoms with van der Waals surface area (Å²) in [5.41, 5.74) is 0.156. The van der Waals surface area contributed by atoms with E-state index in [1.165, 1.54) is 12.1 Å². The molecule has 0 aromatic heterocycles. The van der Waals surface area contributed by atoms with Crippen LogP contribution in [0, 0.1) is 11.6 Å². The van der Waals surface area contributed by atoms with Crippen molar-refractivity contribution in [1.29, 1.82) is 0 Å². The molecule has 2 nitrogen and oxygen atoms in total. The van der Waals surface area contributed by atoms with E-state index in [9.17, 15) is 8.78 Å². The molecule has 1 unspecified atom stereocenters. The molecule has 0 spiro atoms. The van der Waals surface area contributed by atoms with Crippen LogP contribution >= 0.6 is 0 Å². The lowest BCUT2D eigenvalue weighted by Gasteiger charge is -2.27. The zero-order chi connectivity index (χ0) is 13.8. The average Bonchev–Trinajstić information content (AvgIpc) is 2.26. The molecule has 1 atom stereocenters. The number of rotatable bonds is 6. The standard InChI is InChI=1S/C14H21F2NO/c1-5-18-14(3,4)9-17-10(2)12-7-6-11(15)8-13(12)16/h6-8,10,17H,5,9H2,1-4H3. The molecular formula is C14H21F2NO. The lowest BCUT2D eigenvalue weighted by Crippen LogP contribution is -2.38. The largest absolute Gasteiger partial charge is 0.375 e. The van der Waals surface area contributed by atoms with Gasteiger partial charge in [-0.15, -0.1) is 0 Å². The maximum absolute atomic E-state index is 13.6. The summed E-state index contributed by atoms with van der Waals surface area (Å²) < 4.78 is 31.9. The molecule has 1 aromatic rings. The molecule has 0 heterocycles. The topological polar surface area (TPSA) is 21.3 Å². The van der Waals surface area contributed by atoms with Crippen LogP contribution < -0.4 is 5.32 Å². The van der Waals surface area contributed by atoms with Crippen molar-refractivity contribution in [3.05, 3.63) is 35.4 Å². The summed E-state index contributed by atoms with van der Waals surface area (Å²) >= 11 is 0. The van der Waals surface area contributed by atoms with E-state index in [0.29, 0.717) is 18.7 Å². The Balaban J connectivity index is 2.63. The highest BCUT2D eigenvalue weighted by atomic mass is 19.1. The van der Waals surface area contributed by atoms with Crippen LogP contribution in [0.15, 0.2) is 18.2 Å². The normalized spacial score (nSPS) is 13.7. The molecule has 0 aliphatic heterocycles. The Morgan fingerprint density at radius 3 is 2.56 bits per heavy atom. The Hall–Kier alpha value is -1.00. The van der Waals surface area contributed by atoms with Crippen LogP contribution in [0.4, 0.5) is 8.78 Å². The lowest BCUT2D eigenvalue weighted by atomic mass is 10.1. The summed E-state index contributed by atoms with van der Waals surface area (Å²) in [5.74, 6) is -1.08. The second-order valence-electron chi connectivity index (χ2n) is 4.96. The van der Waals surface area contributed by atoms with Gasteiger partial charge in [-0.25, -0.2) is 8.78 Å². The molecule has 1 rings (SSSR count). The van der Waals surface area contributed by atoms with Crippen molar-refractivity contribution >= 4 is 0 Å². The fourth-order valence-electron chi connectivity index (χ4n) is 1.80. The molecule has 1 aromatic carbocycles. The van der Waals surface area contributed by atoms with E-state index in [-0.39, 0.29) is 11.6 Å². The van der Waals surface area contributed by atoms with E-state index in [1.807, 2.05) is 27.7 Å². The average molecular weight is 257 g/mol. The summed E-state index contributed by atoms with van der Waals surface area (Å²) in [6.45, 7) is 8.95. The van der Waals surface area contributed by atoms with Crippen LogP contribution in [0.2, 0.25) is 0 Å². The predicted octanol–water partition coefficient (Wildman–Crippen LogP) is 3.43. The maximum atomic E-state index is 13.6. The van der Waals surface area contributed by atoms with Gasteiger partial charge in [-0.2, -0.15) is 0 Å². The Labute approximate surface area is 107 Å². The third kappa shape index (κ3) is 4.35. The summed E-state index contributed by atoms with van der Waals surface area (Å²) in [4.78, 5) is 0. The SMILES string of the molecule is CCOC(C)(C)CNC(C)c1ccc(F)cc1F. The van der Waals surface area contributed by atoms with Crippen LogP contribution in [-0.2, 0) is 4.74 Å². The molecule has 102 valence electrons. The van der Waals surface area contributed by atoms with E-state index in [4.69, 9.17) is 4.74 Å². The summed E-state index contributed by atoms with van der Waals surface area (Å²) in [6.07, 6.45) is 0. The second kappa shape index (κ2) is 6.25. The first-order chi connectivity index (χ1) is 8.35. The monoisotopic (exact) mass is 257 g/mol. The fourth-order valence-corrected chi connectivity index (χ4v) is 1.80. The van der Waals surface area contributed by atoms with Crippen LogP contribution in [-0.4, -0.2) is 18.8 Å². The van der Waals surface area contributed by atoms with Crippen molar-refractivity contribution in [3.63, 3.8) is 0 Å². The van der Waals surface area contributed by atoms with Crippen LogP contribution in [0.5, 0.6) is 0 Å². The number of ether oxygens (including phenoxy) is 1. The zero-order valence-electron chi connectivity index (χ0n) is 11.4. The van der Waals surface area contributed by atoms with Gasteiger partial charge in [0.15, 0.2) is 0 Å². The zero-order valence-corrected chi connectivity index (χ0v) is 11.4. The van der Waals surface area contributed by atoms with Crippen molar-refractivity contribution in [2.75, 3.05) is 13.2 Å². The highest BCUT2D eigenvalue weighted by Crippen LogP contribution is 2.18. The molecule has 0 bridgehead atoms. The quantitative estimate of drug-likeness (QED) is 0.843. The first kappa shape index (κ1) is 15.1. The summed E-state index contributed by atoms with van der Waals surface area (Å²) in [6, 6.07) is 3.45. The minimum Gasteiger partial charge on any atom is -0.375 e. The molecule has 0 saturated heterocycles. The molecule has 0 amide bonds. The molecule has 4 heteroatoms. The number of hydrogen-bond acceptors (Lipinski definition) is 2. The van der Waals surface area contributed by atoms with Crippen molar-refractivity contribution in [1.82, 2.24) is 5.32 Å². The van der Waals surface area contributed by atoms with Gasteiger partial charge in [0, 0.05) is 30.8 Å². The number of nitrogens with one attached hydrogen (secondary N) is 1. The predicted molar refractivity (Wildman–Crippen MR) is 68.5 cm³/mol. The second-order valence-corrected chi connectivity index (χ2v) is 4.96. The minimum absolute atomic E-state index is 0.190. The van der Waals surface area contributed by atoms with Gasteiger partial charge < -0.3 is 10.1 Å². The fraction of sp³-hybridized carbons (Fsp3) is 0.571. The molecule has 18 heavy (non-hydrogen) atoms. The Kier molecular flexibility index (Phi) is 5.23. The van der Waals surface area contributed by atoms with E-state index < -0.39 is 11.6 Å². The van der Waals surface area contributed by atoms with Gasteiger partial charge in [-0.1, -0.05) is 6.07 Å². The first-order valence-electron chi connectivity index (χ1n) is 6.18. The number of benzene rings is 1. The van der Waals surface area contributed by atoms with Gasteiger partial charge in [-0.05, 0) is 33.8 Å². The molecule has 1 N–H and O–H groups in total. The highest BCUT2D eigenvalue weighted by molar-refractivity contribution is 5.21. The van der Waals surface area contributed by atoms with Gasteiger partial charge in [0.05, 0.1) is 5.60 Å². The Morgan fingerprint density at radius 1 is 1.33 bits per heavy atom. The van der Waals surface area contributed by atoms with Crippen molar-refractivity contribution in [3.8, 4) is 0 Å². The molecule has 0 radical (unpaired) electrons. The smallest absolute Gasteiger partial charge is 0.130 e. The van der Waals surface area contributed by atoms with Crippen LogP contribution in [0.25, 0.3) is 0 Å². The van der Waals surface area contributed by atoms with Crippen molar-refractivity contribution < 1.29 is 13.5 Å². The highest BCUT2D eigenvalue weighted by Gasteiger charge is 2.19. The van der Waals surface area contributed by atoms with Gasteiger partial charge in [0.2, 0.25) is 0 Å². The Morgan fingerprint density at radius 2 is 2.00 bits per heavy atom. The van der Waals surface area contributed by atoms with Gasteiger partial charge in [0.25, 0.3) is 0 Å². The number of halogens is 2. The van der Waals surface area contributed by atoms with Crippen LogP contribution in [0.1, 0.15) is 39.3 Å². The molecule has 0 aliphatic carbocycles. The van der Waals surface area contributed by atoms with Crippen LogP contribution in [0.3, 0.4) is 0 Å². The molecule has 0 aliphatic rings. The van der Waals surface area contributed by atoms with Gasteiger partial charge in [-0.3, -0.25) is 0 Å². The van der Waals surface area contributed by atoms with Gasteiger partial charge >= 0.3 is 0 Å². The van der Waals surface area contributed by atoms with E-state index in [2.05, 4.69) is 5.32 Å². The lowest BCUT2D eigenvalue weighted by molar-refractivity contribution is -0.0104. The maximum Gasteiger partial charge on any atom is 0.130 e. The van der Waals surface area contributed by atoms with E-state index in [1.54, 1.807) is 0 Å². The number of hydrogen-bond donors (Lipinski definition) is 1.